The van der Waals surface area contributed by atoms with E-state index in [0.29, 0.717) is 28.8 Å². The molecule has 0 saturated heterocycles. The number of thiophene rings is 1. The highest BCUT2D eigenvalue weighted by molar-refractivity contribution is 7.12. The number of halogens is 1. The second-order valence-electron chi connectivity index (χ2n) is 6.60. The lowest BCUT2D eigenvalue weighted by Crippen LogP contribution is -2.35. The number of carbonyl (C=O) groups excluding carboxylic acids is 1. The highest BCUT2D eigenvalue weighted by Gasteiger charge is 2.13. The molecule has 0 spiro atoms. The van der Waals surface area contributed by atoms with Gasteiger partial charge in [0.25, 0.3) is 5.91 Å². The SMILES string of the molecule is Cc1ccc(Cl)c(OCc2csc(C(=O)NC(C)Cn3ccc(C)n3)c2)c1. The molecule has 0 bridgehead atoms. The summed E-state index contributed by atoms with van der Waals surface area (Å²) in [4.78, 5) is 13.1. The van der Waals surface area contributed by atoms with E-state index in [1.807, 2.05) is 67.4 Å². The number of carbonyl (C=O) groups is 1. The van der Waals surface area contributed by atoms with Crippen LogP contribution < -0.4 is 10.1 Å². The zero-order chi connectivity index (χ0) is 19.4. The normalized spacial score (nSPS) is 12.0. The van der Waals surface area contributed by atoms with E-state index in [0.717, 1.165) is 16.8 Å². The van der Waals surface area contributed by atoms with Crippen LogP contribution in [0, 0.1) is 13.8 Å². The number of ether oxygens (including phenoxy) is 1. The topological polar surface area (TPSA) is 56.1 Å². The van der Waals surface area contributed by atoms with E-state index in [-0.39, 0.29) is 11.9 Å². The van der Waals surface area contributed by atoms with Crippen molar-refractivity contribution in [2.24, 2.45) is 0 Å². The second-order valence-corrected chi connectivity index (χ2v) is 7.91. The van der Waals surface area contributed by atoms with Crippen LogP contribution >= 0.6 is 22.9 Å². The molecule has 5 nitrogen and oxygen atoms in total. The van der Waals surface area contributed by atoms with Gasteiger partial charge in [-0.05, 0) is 56.0 Å². The monoisotopic (exact) mass is 403 g/mol. The molecule has 27 heavy (non-hydrogen) atoms. The van der Waals surface area contributed by atoms with Crippen molar-refractivity contribution in [2.75, 3.05) is 0 Å². The van der Waals surface area contributed by atoms with Crippen molar-refractivity contribution in [2.45, 2.75) is 40.0 Å². The molecule has 0 aliphatic heterocycles. The van der Waals surface area contributed by atoms with E-state index in [1.165, 1.54) is 11.3 Å². The number of aromatic nitrogens is 2. The van der Waals surface area contributed by atoms with E-state index in [4.69, 9.17) is 16.3 Å². The van der Waals surface area contributed by atoms with E-state index in [9.17, 15) is 4.79 Å². The predicted molar refractivity (Wildman–Crippen MR) is 109 cm³/mol. The predicted octanol–water partition coefficient (Wildman–Crippen LogP) is 4.61. The van der Waals surface area contributed by atoms with Gasteiger partial charge in [-0.3, -0.25) is 9.48 Å². The molecule has 2 aromatic heterocycles. The van der Waals surface area contributed by atoms with Crippen LogP contribution in [-0.4, -0.2) is 21.7 Å². The number of hydrogen-bond acceptors (Lipinski definition) is 4. The fourth-order valence-corrected chi connectivity index (χ4v) is 3.61. The van der Waals surface area contributed by atoms with Crippen molar-refractivity contribution in [3.05, 3.63) is 68.6 Å². The van der Waals surface area contributed by atoms with Gasteiger partial charge in [0, 0.05) is 17.8 Å². The molecule has 142 valence electrons. The van der Waals surface area contributed by atoms with Gasteiger partial charge in [-0.2, -0.15) is 5.10 Å². The van der Waals surface area contributed by atoms with Crippen molar-refractivity contribution in [3.8, 4) is 5.75 Å². The summed E-state index contributed by atoms with van der Waals surface area (Å²) < 4.78 is 7.62. The van der Waals surface area contributed by atoms with E-state index < -0.39 is 0 Å². The van der Waals surface area contributed by atoms with Crippen LogP contribution in [0.15, 0.2) is 41.9 Å². The maximum Gasteiger partial charge on any atom is 0.261 e. The largest absolute Gasteiger partial charge is 0.487 e. The first-order valence-corrected chi connectivity index (χ1v) is 9.94. The Kier molecular flexibility index (Phi) is 6.19. The molecule has 2 heterocycles. The molecule has 0 radical (unpaired) electrons. The molecule has 7 heteroatoms. The number of aryl methyl sites for hydroxylation is 2. The van der Waals surface area contributed by atoms with Crippen LogP contribution in [0.25, 0.3) is 0 Å². The van der Waals surface area contributed by atoms with Crippen LogP contribution in [0.1, 0.15) is 33.4 Å². The Labute approximate surface area is 167 Å². The zero-order valence-electron chi connectivity index (χ0n) is 15.5. The Bertz CT molecular complexity index is 935. The molecule has 3 rings (SSSR count). The Morgan fingerprint density at radius 1 is 1.33 bits per heavy atom. The number of amides is 1. The average Bonchev–Trinajstić information content (AvgIpc) is 3.24. The number of hydrogen-bond donors (Lipinski definition) is 1. The van der Waals surface area contributed by atoms with Gasteiger partial charge >= 0.3 is 0 Å². The number of benzene rings is 1. The van der Waals surface area contributed by atoms with Crippen LogP contribution in [-0.2, 0) is 13.2 Å². The Hall–Kier alpha value is -2.31. The third-order valence-corrected chi connectivity index (χ3v) is 5.26. The number of nitrogens with zero attached hydrogens (tertiary/aromatic N) is 2. The van der Waals surface area contributed by atoms with Crippen LogP contribution in [0.4, 0.5) is 0 Å². The maximum absolute atomic E-state index is 12.4. The van der Waals surface area contributed by atoms with Gasteiger partial charge in [0.2, 0.25) is 0 Å². The van der Waals surface area contributed by atoms with Crippen molar-refractivity contribution in [1.82, 2.24) is 15.1 Å². The van der Waals surface area contributed by atoms with Crippen molar-refractivity contribution < 1.29 is 9.53 Å². The smallest absolute Gasteiger partial charge is 0.261 e. The first-order valence-electron chi connectivity index (χ1n) is 8.68. The molecule has 1 unspecified atom stereocenters. The number of nitrogens with one attached hydrogen (secondary N) is 1. The second kappa shape index (κ2) is 8.59. The van der Waals surface area contributed by atoms with Crippen LogP contribution in [0.5, 0.6) is 5.75 Å². The first kappa shape index (κ1) is 19.5. The minimum atomic E-state index is -0.0868. The summed E-state index contributed by atoms with van der Waals surface area (Å²) in [6.45, 7) is 6.90. The maximum atomic E-state index is 12.4. The molecule has 0 aliphatic rings. The zero-order valence-corrected chi connectivity index (χ0v) is 17.1. The molecule has 0 fully saturated rings. The van der Waals surface area contributed by atoms with Crippen molar-refractivity contribution >= 4 is 28.8 Å². The molecule has 0 aliphatic carbocycles. The highest BCUT2D eigenvalue weighted by atomic mass is 35.5. The van der Waals surface area contributed by atoms with E-state index >= 15 is 0 Å². The van der Waals surface area contributed by atoms with Gasteiger partial charge in [-0.25, -0.2) is 0 Å². The fraction of sp³-hybridized carbons (Fsp3) is 0.300. The third-order valence-electron chi connectivity index (χ3n) is 3.97. The summed E-state index contributed by atoms with van der Waals surface area (Å²) in [6, 6.07) is 9.44. The van der Waals surface area contributed by atoms with Gasteiger partial charge in [0.15, 0.2) is 0 Å². The minimum Gasteiger partial charge on any atom is -0.487 e. The van der Waals surface area contributed by atoms with Gasteiger partial charge < -0.3 is 10.1 Å². The summed E-state index contributed by atoms with van der Waals surface area (Å²) in [5, 5.41) is 9.86. The molecule has 0 saturated carbocycles. The summed E-state index contributed by atoms with van der Waals surface area (Å²) in [6.07, 6.45) is 1.91. The molecular formula is C20H22ClN3O2S. The standard InChI is InChI=1S/C20H22ClN3O2S/c1-13-4-5-17(21)18(8-13)26-11-16-9-19(27-12-16)20(25)22-15(3)10-24-7-6-14(2)23-24/h4-9,12,15H,10-11H2,1-3H3,(H,22,25). The van der Waals surface area contributed by atoms with E-state index in [2.05, 4.69) is 10.4 Å². The third kappa shape index (κ3) is 5.34. The average molecular weight is 404 g/mol. The quantitative estimate of drug-likeness (QED) is 0.626. The van der Waals surface area contributed by atoms with Gasteiger partial charge in [-0.15, -0.1) is 11.3 Å². The molecule has 1 aromatic carbocycles. The Morgan fingerprint density at radius 2 is 2.15 bits per heavy atom. The molecule has 1 N–H and O–H groups in total. The Balaban J connectivity index is 1.54. The summed E-state index contributed by atoms with van der Waals surface area (Å²) >= 11 is 7.55. The molecule has 1 atom stereocenters. The Morgan fingerprint density at radius 3 is 2.89 bits per heavy atom. The summed E-state index contributed by atoms with van der Waals surface area (Å²) in [5.41, 5.74) is 2.99. The molecule has 3 aromatic rings. The van der Waals surface area contributed by atoms with Crippen LogP contribution in [0.2, 0.25) is 5.02 Å². The lowest BCUT2D eigenvalue weighted by Gasteiger charge is -2.13. The lowest BCUT2D eigenvalue weighted by atomic mass is 10.2. The van der Waals surface area contributed by atoms with Gasteiger partial charge in [0.1, 0.15) is 12.4 Å². The molecule has 1 amide bonds. The fourth-order valence-electron chi connectivity index (χ4n) is 2.64. The van der Waals surface area contributed by atoms with Gasteiger partial charge in [-0.1, -0.05) is 17.7 Å². The van der Waals surface area contributed by atoms with Crippen molar-refractivity contribution in [1.29, 1.82) is 0 Å². The molecular weight excluding hydrogens is 382 g/mol. The number of rotatable bonds is 7. The lowest BCUT2D eigenvalue weighted by molar-refractivity contribution is 0.0940. The van der Waals surface area contributed by atoms with Crippen LogP contribution in [0.3, 0.4) is 0 Å². The highest BCUT2D eigenvalue weighted by Crippen LogP contribution is 2.26. The van der Waals surface area contributed by atoms with Gasteiger partial charge in [0.05, 0.1) is 22.1 Å². The van der Waals surface area contributed by atoms with E-state index in [1.54, 1.807) is 0 Å². The summed E-state index contributed by atoms with van der Waals surface area (Å²) in [5.74, 6) is 0.563. The first-order chi connectivity index (χ1) is 12.9. The minimum absolute atomic E-state index is 0.0234. The van der Waals surface area contributed by atoms with Crippen molar-refractivity contribution in [3.63, 3.8) is 0 Å². The summed E-state index contributed by atoms with van der Waals surface area (Å²) in [7, 11) is 0.